The maximum absolute atomic E-state index is 11.7. The number of H-pyrrole nitrogens is 1. The summed E-state index contributed by atoms with van der Waals surface area (Å²) < 4.78 is 0. The van der Waals surface area contributed by atoms with Gasteiger partial charge in [0.25, 0.3) is 5.91 Å². The molecule has 17 heavy (non-hydrogen) atoms. The molecule has 1 amide bonds. The normalized spacial score (nSPS) is 9.94. The second-order valence-corrected chi connectivity index (χ2v) is 3.60. The zero-order chi connectivity index (χ0) is 12.3. The molecule has 0 radical (unpaired) electrons. The molecule has 0 unspecified atom stereocenters. The van der Waals surface area contributed by atoms with Gasteiger partial charge in [0.15, 0.2) is 5.43 Å². The third kappa shape index (κ3) is 2.57. The van der Waals surface area contributed by atoms with Gasteiger partial charge < -0.3 is 10.3 Å². The summed E-state index contributed by atoms with van der Waals surface area (Å²) in [6.07, 6.45) is 4.49. The largest absolute Gasteiger partial charge is 0.367 e. The highest BCUT2D eigenvalue weighted by molar-refractivity contribution is 6.03. The fraction of sp³-hybridized carbons (Fsp3) is 0.0833. The third-order valence-corrected chi connectivity index (χ3v) is 2.22. The average molecular weight is 229 g/mol. The smallest absolute Gasteiger partial charge is 0.262 e. The Balaban J connectivity index is 2.20. The summed E-state index contributed by atoms with van der Waals surface area (Å²) >= 11 is 0. The summed E-state index contributed by atoms with van der Waals surface area (Å²) in [5, 5.41) is 2.56. The monoisotopic (exact) mass is 229 g/mol. The highest BCUT2D eigenvalue weighted by atomic mass is 16.2. The van der Waals surface area contributed by atoms with Crippen molar-refractivity contribution in [1.82, 2.24) is 9.97 Å². The van der Waals surface area contributed by atoms with Gasteiger partial charge in [0.05, 0.1) is 0 Å². The molecule has 0 saturated heterocycles. The lowest BCUT2D eigenvalue weighted by atomic mass is 10.2. The maximum atomic E-state index is 11.7. The van der Waals surface area contributed by atoms with Gasteiger partial charge in [-0.2, -0.15) is 0 Å². The van der Waals surface area contributed by atoms with Crippen molar-refractivity contribution in [3.05, 3.63) is 58.1 Å². The first kappa shape index (κ1) is 11.1. The Morgan fingerprint density at radius 2 is 2.18 bits per heavy atom. The van der Waals surface area contributed by atoms with Crippen molar-refractivity contribution >= 4 is 11.7 Å². The molecule has 0 aliphatic rings. The van der Waals surface area contributed by atoms with Gasteiger partial charge >= 0.3 is 0 Å². The average Bonchev–Trinajstić information content (AvgIpc) is 2.32. The molecule has 2 N–H and O–H groups in total. The van der Waals surface area contributed by atoms with Crippen LogP contribution >= 0.6 is 0 Å². The van der Waals surface area contributed by atoms with Crippen LogP contribution in [0.4, 0.5) is 5.82 Å². The molecule has 0 atom stereocenters. The molecule has 2 rings (SSSR count). The number of hydrogen-bond donors (Lipinski definition) is 2. The van der Waals surface area contributed by atoms with Crippen LogP contribution in [-0.4, -0.2) is 15.9 Å². The van der Waals surface area contributed by atoms with Gasteiger partial charge in [-0.3, -0.25) is 9.59 Å². The molecule has 2 aromatic rings. The SMILES string of the molecule is Cc1ccc(NC(=O)c2c[nH]ccc2=O)nc1. The minimum absolute atomic E-state index is 0.0647. The number of carbonyl (C=O) groups is 1. The van der Waals surface area contributed by atoms with Crippen LogP contribution in [0.5, 0.6) is 0 Å². The van der Waals surface area contributed by atoms with Crippen LogP contribution in [0.3, 0.4) is 0 Å². The molecule has 2 heterocycles. The van der Waals surface area contributed by atoms with Crippen LogP contribution in [-0.2, 0) is 0 Å². The second-order valence-electron chi connectivity index (χ2n) is 3.60. The molecule has 0 bridgehead atoms. The molecule has 2 aromatic heterocycles. The third-order valence-electron chi connectivity index (χ3n) is 2.22. The molecule has 5 nitrogen and oxygen atoms in total. The maximum Gasteiger partial charge on any atom is 0.262 e. The Hall–Kier alpha value is -2.43. The van der Waals surface area contributed by atoms with Gasteiger partial charge in [-0.1, -0.05) is 6.07 Å². The minimum atomic E-state index is -0.469. The van der Waals surface area contributed by atoms with E-state index in [-0.39, 0.29) is 11.0 Å². The van der Waals surface area contributed by atoms with Crippen molar-refractivity contribution in [2.45, 2.75) is 6.92 Å². The predicted octanol–water partition coefficient (Wildman–Crippen LogP) is 1.33. The molecular formula is C12H11N3O2. The molecule has 0 aliphatic heterocycles. The van der Waals surface area contributed by atoms with E-state index in [4.69, 9.17) is 0 Å². The van der Waals surface area contributed by atoms with Crippen LogP contribution in [0.15, 0.2) is 41.6 Å². The first-order valence-electron chi connectivity index (χ1n) is 5.08. The molecule has 5 heteroatoms. The van der Waals surface area contributed by atoms with E-state index in [1.165, 1.54) is 18.5 Å². The van der Waals surface area contributed by atoms with Crippen molar-refractivity contribution in [3.63, 3.8) is 0 Å². The zero-order valence-corrected chi connectivity index (χ0v) is 9.23. The van der Waals surface area contributed by atoms with E-state index in [1.807, 2.05) is 13.0 Å². The van der Waals surface area contributed by atoms with Crippen molar-refractivity contribution in [2.75, 3.05) is 5.32 Å². The number of nitrogens with zero attached hydrogens (tertiary/aromatic N) is 1. The fourth-order valence-electron chi connectivity index (χ4n) is 1.32. The fourth-order valence-corrected chi connectivity index (χ4v) is 1.32. The van der Waals surface area contributed by atoms with Crippen LogP contribution in [0.1, 0.15) is 15.9 Å². The summed E-state index contributed by atoms with van der Waals surface area (Å²) in [4.78, 5) is 29.9. The summed E-state index contributed by atoms with van der Waals surface area (Å²) in [7, 11) is 0. The van der Waals surface area contributed by atoms with Gasteiger partial charge in [-0.25, -0.2) is 4.98 Å². The lowest BCUT2D eigenvalue weighted by molar-refractivity contribution is 0.102. The molecule has 0 spiro atoms. The van der Waals surface area contributed by atoms with E-state index in [0.29, 0.717) is 5.82 Å². The van der Waals surface area contributed by atoms with Gasteiger partial charge in [0.2, 0.25) is 0 Å². The minimum Gasteiger partial charge on any atom is -0.367 e. The molecule has 0 fully saturated rings. The number of nitrogens with one attached hydrogen (secondary N) is 2. The second kappa shape index (κ2) is 4.61. The van der Waals surface area contributed by atoms with E-state index in [0.717, 1.165) is 5.56 Å². The number of pyridine rings is 2. The van der Waals surface area contributed by atoms with Crippen LogP contribution in [0.25, 0.3) is 0 Å². The Bertz CT molecular complexity index is 587. The van der Waals surface area contributed by atoms with E-state index < -0.39 is 5.91 Å². The quantitative estimate of drug-likeness (QED) is 0.815. The zero-order valence-electron chi connectivity index (χ0n) is 9.23. The van der Waals surface area contributed by atoms with E-state index >= 15 is 0 Å². The highest BCUT2D eigenvalue weighted by Crippen LogP contribution is 2.04. The molecule has 0 aromatic carbocycles. The number of carbonyl (C=O) groups excluding carboxylic acids is 1. The Labute approximate surface area is 97.5 Å². The first-order chi connectivity index (χ1) is 8.16. The first-order valence-corrected chi connectivity index (χ1v) is 5.08. The van der Waals surface area contributed by atoms with Gasteiger partial charge in [0.1, 0.15) is 11.4 Å². The number of rotatable bonds is 2. The van der Waals surface area contributed by atoms with E-state index in [2.05, 4.69) is 15.3 Å². The molecular weight excluding hydrogens is 218 g/mol. The number of aryl methyl sites for hydroxylation is 1. The predicted molar refractivity (Wildman–Crippen MR) is 64.0 cm³/mol. The van der Waals surface area contributed by atoms with Crippen molar-refractivity contribution in [3.8, 4) is 0 Å². The van der Waals surface area contributed by atoms with Crippen molar-refractivity contribution in [1.29, 1.82) is 0 Å². The number of aromatic amines is 1. The number of hydrogen-bond acceptors (Lipinski definition) is 3. The van der Waals surface area contributed by atoms with Gasteiger partial charge in [0, 0.05) is 24.7 Å². The van der Waals surface area contributed by atoms with Crippen molar-refractivity contribution in [2.24, 2.45) is 0 Å². The Kier molecular flexibility index (Phi) is 3.00. The molecule has 86 valence electrons. The van der Waals surface area contributed by atoms with E-state index in [1.54, 1.807) is 12.3 Å². The Morgan fingerprint density at radius 1 is 1.35 bits per heavy atom. The lowest BCUT2D eigenvalue weighted by Crippen LogP contribution is -2.21. The summed E-state index contributed by atoms with van der Waals surface area (Å²) in [5.41, 5.74) is 0.740. The Morgan fingerprint density at radius 3 is 2.82 bits per heavy atom. The molecule has 0 saturated carbocycles. The topological polar surface area (TPSA) is 74.8 Å². The summed E-state index contributed by atoms with van der Waals surface area (Å²) in [6.45, 7) is 1.90. The lowest BCUT2D eigenvalue weighted by Gasteiger charge is -2.03. The van der Waals surface area contributed by atoms with Gasteiger partial charge in [-0.15, -0.1) is 0 Å². The van der Waals surface area contributed by atoms with Crippen molar-refractivity contribution < 1.29 is 4.79 Å². The number of amides is 1. The van der Waals surface area contributed by atoms with E-state index in [9.17, 15) is 9.59 Å². The number of anilines is 1. The van der Waals surface area contributed by atoms with Crippen LogP contribution in [0, 0.1) is 6.92 Å². The standard InChI is InChI=1S/C12H11N3O2/c1-8-2-3-11(14-6-8)15-12(17)9-7-13-5-4-10(9)16/h2-7H,1H3,(H,13,16)(H,14,15,17). The number of aromatic nitrogens is 2. The van der Waals surface area contributed by atoms with Gasteiger partial charge in [-0.05, 0) is 18.6 Å². The van der Waals surface area contributed by atoms with Crippen LogP contribution in [0.2, 0.25) is 0 Å². The molecule has 0 aliphatic carbocycles. The van der Waals surface area contributed by atoms with Crippen LogP contribution < -0.4 is 10.7 Å². The summed E-state index contributed by atoms with van der Waals surface area (Å²) in [5.74, 6) is -0.0490. The highest BCUT2D eigenvalue weighted by Gasteiger charge is 2.09. The summed E-state index contributed by atoms with van der Waals surface area (Å²) in [6, 6.07) is 4.82.